The van der Waals surface area contributed by atoms with Crippen molar-refractivity contribution in [2.45, 2.75) is 30.9 Å². The molecule has 1 atom stereocenters. The van der Waals surface area contributed by atoms with E-state index in [1.165, 1.54) is 22.0 Å². The number of carbonyl (C=O) groups is 1. The second-order valence-electron chi connectivity index (χ2n) is 7.67. The Balaban J connectivity index is 1.51. The minimum atomic E-state index is -0.478. The van der Waals surface area contributed by atoms with Crippen LogP contribution in [0.1, 0.15) is 27.8 Å². The molecule has 0 radical (unpaired) electrons. The highest BCUT2D eigenvalue weighted by Gasteiger charge is 2.30. The lowest BCUT2D eigenvalue weighted by molar-refractivity contribution is -0.134. The molecule has 3 aromatic rings. The van der Waals surface area contributed by atoms with Gasteiger partial charge in [0, 0.05) is 13.1 Å². The Labute approximate surface area is 191 Å². The van der Waals surface area contributed by atoms with Gasteiger partial charge in [0.05, 0.1) is 13.2 Å². The number of hydrogen-bond acceptors (Lipinski definition) is 7. The van der Waals surface area contributed by atoms with Crippen molar-refractivity contribution in [2.75, 3.05) is 32.1 Å². The van der Waals surface area contributed by atoms with Crippen molar-refractivity contribution >= 4 is 17.7 Å². The first-order chi connectivity index (χ1) is 15.5. The topological polar surface area (TPSA) is 95.5 Å². The van der Waals surface area contributed by atoms with Gasteiger partial charge in [0.2, 0.25) is 11.1 Å². The van der Waals surface area contributed by atoms with Gasteiger partial charge in [-0.1, -0.05) is 59.8 Å². The van der Waals surface area contributed by atoms with E-state index in [2.05, 4.69) is 16.3 Å². The van der Waals surface area contributed by atoms with Gasteiger partial charge in [-0.3, -0.25) is 4.79 Å². The number of nitrogen functional groups attached to an aromatic ring is 1. The van der Waals surface area contributed by atoms with Gasteiger partial charge in [0.1, 0.15) is 17.6 Å². The van der Waals surface area contributed by atoms with E-state index in [0.717, 1.165) is 16.9 Å². The number of benzene rings is 2. The van der Waals surface area contributed by atoms with Gasteiger partial charge < -0.3 is 20.2 Å². The number of rotatable bonds is 7. The van der Waals surface area contributed by atoms with Crippen LogP contribution < -0.4 is 10.6 Å². The quantitative estimate of drug-likeness (QED) is 0.434. The predicted molar refractivity (Wildman–Crippen MR) is 123 cm³/mol. The highest BCUT2D eigenvalue weighted by atomic mass is 32.2. The summed E-state index contributed by atoms with van der Waals surface area (Å²) in [5.74, 6) is 7.55. The van der Waals surface area contributed by atoms with Gasteiger partial charge in [-0.25, -0.2) is 4.68 Å². The van der Waals surface area contributed by atoms with Crippen LogP contribution in [0, 0.1) is 13.8 Å². The lowest BCUT2D eigenvalue weighted by Gasteiger charge is -2.30. The zero-order chi connectivity index (χ0) is 22.5. The number of thioether (sulfide) groups is 1. The van der Waals surface area contributed by atoms with E-state index in [1.54, 1.807) is 0 Å². The van der Waals surface area contributed by atoms with Gasteiger partial charge >= 0.3 is 0 Å². The van der Waals surface area contributed by atoms with Crippen molar-refractivity contribution in [3.63, 3.8) is 0 Å². The molecule has 1 fully saturated rings. The largest absolute Gasteiger partial charge is 0.485 e. The van der Waals surface area contributed by atoms with Crippen LogP contribution in [-0.2, 0) is 16.1 Å². The second kappa shape index (κ2) is 10.1. The third kappa shape index (κ3) is 5.05. The molecule has 1 aliphatic rings. The molecule has 1 amide bonds. The molecule has 1 saturated heterocycles. The summed E-state index contributed by atoms with van der Waals surface area (Å²) in [6, 6.07) is 15.7. The summed E-state index contributed by atoms with van der Waals surface area (Å²) in [5.41, 5.74) is 3.11. The Morgan fingerprint density at radius 2 is 1.91 bits per heavy atom. The number of hydrogen-bond donors (Lipinski definition) is 1. The first kappa shape index (κ1) is 22.2. The van der Waals surface area contributed by atoms with Crippen LogP contribution in [0.3, 0.4) is 0 Å². The van der Waals surface area contributed by atoms with Gasteiger partial charge in [-0.2, -0.15) is 0 Å². The van der Waals surface area contributed by atoms with Crippen molar-refractivity contribution in [2.24, 2.45) is 0 Å². The number of amides is 1. The molecule has 9 heteroatoms. The minimum Gasteiger partial charge on any atom is -0.485 e. The van der Waals surface area contributed by atoms with E-state index in [4.69, 9.17) is 15.3 Å². The highest BCUT2D eigenvalue weighted by molar-refractivity contribution is 8.00. The lowest BCUT2D eigenvalue weighted by atomic mass is 10.1. The average Bonchev–Trinajstić information content (AvgIpc) is 3.16. The summed E-state index contributed by atoms with van der Waals surface area (Å²) in [7, 11) is 0. The van der Waals surface area contributed by atoms with Crippen LogP contribution >= 0.6 is 11.8 Å². The number of ether oxygens (including phenoxy) is 2. The average molecular weight is 454 g/mol. The maximum atomic E-state index is 13.3. The number of nitrogens with zero attached hydrogens (tertiary/aromatic N) is 4. The van der Waals surface area contributed by atoms with E-state index >= 15 is 0 Å². The molecule has 0 aliphatic carbocycles. The molecule has 32 heavy (non-hydrogen) atoms. The first-order valence-corrected chi connectivity index (χ1v) is 11.4. The van der Waals surface area contributed by atoms with Crippen molar-refractivity contribution in [1.29, 1.82) is 0 Å². The fraction of sp³-hybridized carbons (Fsp3) is 0.348. The first-order valence-electron chi connectivity index (χ1n) is 10.5. The van der Waals surface area contributed by atoms with Gasteiger partial charge in [0.25, 0.3) is 0 Å². The third-order valence-corrected chi connectivity index (χ3v) is 6.49. The summed E-state index contributed by atoms with van der Waals surface area (Å²) in [6.45, 7) is 6.47. The minimum absolute atomic E-state index is 0.0144. The van der Waals surface area contributed by atoms with Crippen molar-refractivity contribution < 1.29 is 14.3 Å². The highest BCUT2D eigenvalue weighted by Crippen LogP contribution is 2.36. The van der Waals surface area contributed by atoms with Crippen LogP contribution in [0.15, 0.2) is 53.7 Å². The second-order valence-corrected chi connectivity index (χ2v) is 8.74. The van der Waals surface area contributed by atoms with E-state index in [0.29, 0.717) is 37.3 Å². The zero-order valence-corrected chi connectivity index (χ0v) is 19.0. The predicted octanol–water partition coefficient (Wildman–Crippen LogP) is 2.88. The normalized spacial score (nSPS) is 14.9. The van der Waals surface area contributed by atoms with Crippen LogP contribution in [0.5, 0.6) is 5.75 Å². The van der Waals surface area contributed by atoms with Crippen molar-refractivity contribution in [3.8, 4) is 5.75 Å². The van der Waals surface area contributed by atoms with E-state index in [1.807, 2.05) is 61.2 Å². The van der Waals surface area contributed by atoms with Gasteiger partial charge in [0.15, 0.2) is 5.82 Å². The molecule has 4 rings (SSSR count). The van der Waals surface area contributed by atoms with E-state index in [9.17, 15) is 4.79 Å². The molecule has 1 aromatic heterocycles. The molecule has 0 spiro atoms. The number of aromatic nitrogens is 3. The molecule has 168 valence electrons. The smallest absolute Gasteiger partial charge is 0.240 e. The summed E-state index contributed by atoms with van der Waals surface area (Å²) in [5, 5.41) is 8.41. The monoisotopic (exact) mass is 453 g/mol. The number of aryl methyl sites for hydroxylation is 2. The summed E-state index contributed by atoms with van der Waals surface area (Å²) in [4.78, 5) is 15.2. The van der Waals surface area contributed by atoms with Crippen LogP contribution in [0.25, 0.3) is 0 Å². The Bertz CT molecular complexity index is 1070. The molecule has 2 heterocycles. The Morgan fingerprint density at radius 1 is 1.16 bits per heavy atom. The lowest BCUT2D eigenvalue weighted by Crippen LogP contribution is -2.42. The molecular weight excluding hydrogens is 426 g/mol. The molecular formula is C23H27N5O3S. The summed E-state index contributed by atoms with van der Waals surface area (Å²) >= 11 is 1.29. The van der Waals surface area contributed by atoms with Crippen molar-refractivity contribution in [1.82, 2.24) is 19.8 Å². The van der Waals surface area contributed by atoms with Gasteiger partial charge in [-0.05, 0) is 31.0 Å². The maximum Gasteiger partial charge on any atom is 0.240 e. The maximum absolute atomic E-state index is 13.3. The molecule has 8 nitrogen and oxygen atoms in total. The molecule has 1 unspecified atom stereocenters. The molecule has 2 N–H and O–H groups in total. The fourth-order valence-corrected chi connectivity index (χ4v) is 4.59. The molecule has 1 aliphatic heterocycles. The SMILES string of the molecule is Cc1ccc(OCc2nnc(SC(C(=O)N3CCOCC3)c3ccccc3)n2N)c(C)c1. The fourth-order valence-electron chi connectivity index (χ4n) is 3.53. The molecule has 0 saturated carbocycles. The number of carbonyl (C=O) groups excluding carboxylic acids is 1. The van der Waals surface area contributed by atoms with Crippen molar-refractivity contribution in [3.05, 3.63) is 71.0 Å². The Kier molecular flexibility index (Phi) is 6.96. The third-order valence-electron chi connectivity index (χ3n) is 5.29. The van der Waals surface area contributed by atoms with Crippen LogP contribution in [0.2, 0.25) is 0 Å². The zero-order valence-electron chi connectivity index (χ0n) is 18.2. The summed E-state index contributed by atoms with van der Waals surface area (Å²) < 4.78 is 12.7. The van der Waals surface area contributed by atoms with Gasteiger partial charge in [-0.15, -0.1) is 10.2 Å². The standard InChI is InChI=1S/C23H27N5O3S/c1-16-8-9-19(17(2)14-16)31-15-20-25-26-23(28(20)24)32-21(18-6-4-3-5-7-18)22(29)27-10-12-30-13-11-27/h3-9,14,21H,10-13,15,24H2,1-2H3. The van der Waals surface area contributed by atoms with E-state index < -0.39 is 5.25 Å². The number of morpholine rings is 1. The Morgan fingerprint density at radius 3 is 2.62 bits per heavy atom. The van der Waals surface area contributed by atoms with E-state index in [-0.39, 0.29) is 12.5 Å². The number of nitrogens with two attached hydrogens (primary N) is 1. The van der Waals surface area contributed by atoms with Crippen LogP contribution in [-0.4, -0.2) is 52.0 Å². The molecule has 0 bridgehead atoms. The Hall–Kier alpha value is -3.04. The van der Waals surface area contributed by atoms with Crippen LogP contribution in [0.4, 0.5) is 0 Å². The molecule has 2 aromatic carbocycles. The summed E-state index contributed by atoms with van der Waals surface area (Å²) in [6.07, 6.45) is 0.